The second kappa shape index (κ2) is 4.13. The number of carbonyl (C=O) groups excluding carboxylic acids is 1. The molecule has 0 aliphatic carbocycles. The molecular weight excluding hydrogens is 202 g/mol. The summed E-state index contributed by atoms with van der Waals surface area (Å²) in [7, 11) is 0. The summed E-state index contributed by atoms with van der Waals surface area (Å²) in [5, 5.41) is 2.97. The Morgan fingerprint density at radius 2 is 2.23 bits per heavy atom. The SMILES string of the molecule is CC(C)(S)C[C@H]1C[C@@H](CS)C(=O)N1. The monoisotopic (exact) mass is 219 g/mol. The van der Waals surface area contributed by atoms with Crippen LogP contribution in [-0.4, -0.2) is 22.4 Å². The van der Waals surface area contributed by atoms with Crippen LogP contribution in [0.4, 0.5) is 0 Å². The average Bonchev–Trinajstić information content (AvgIpc) is 2.26. The second-order valence-electron chi connectivity index (χ2n) is 4.34. The molecule has 1 aliphatic heterocycles. The van der Waals surface area contributed by atoms with Gasteiger partial charge in [-0.25, -0.2) is 0 Å². The molecule has 1 amide bonds. The highest BCUT2D eigenvalue weighted by Gasteiger charge is 2.33. The van der Waals surface area contributed by atoms with E-state index in [2.05, 4.69) is 44.4 Å². The molecule has 1 heterocycles. The van der Waals surface area contributed by atoms with Crippen LogP contribution in [0.3, 0.4) is 0 Å². The summed E-state index contributed by atoms with van der Waals surface area (Å²) in [6, 6.07) is 0.289. The molecule has 0 saturated carbocycles. The maximum Gasteiger partial charge on any atom is 0.224 e. The minimum absolute atomic E-state index is 0.0105. The molecule has 1 saturated heterocycles. The van der Waals surface area contributed by atoms with Crippen molar-refractivity contribution < 1.29 is 4.79 Å². The predicted octanol–water partition coefficient (Wildman–Crippen LogP) is 1.52. The van der Waals surface area contributed by atoms with Gasteiger partial charge in [0.15, 0.2) is 0 Å². The van der Waals surface area contributed by atoms with Crippen molar-refractivity contribution in [2.45, 2.75) is 37.5 Å². The highest BCUT2D eigenvalue weighted by atomic mass is 32.1. The normalized spacial score (nSPS) is 29.1. The highest BCUT2D eigenvalue weighted by molar-refractivity contribution is 7.81. The summed E-state index contributed by atoms with van der Waals surface area (Å²) in [6.07, 6.45) is 1.83. The summed E-state index contributed by atoms with van der Waals surface area (Å²) >= 11 is 8.59. The lowest BCUT2D eigenvalue weighted by atomic mass is 9.98. The largest absolute Gasteiger partial charge is 0.353 e. The number of nitrogens with one attached hydrogen (secondary N) is 1. The van der Waals surface area contributed by atoms with Crippen LogP contribution in [-0.2, 0) is 4.79 Å². The molecule has 76 valence electrons. The van der Waals surface area contributed by atoms with Crippen LogP contribution in [0, 0.1) is 5.92 Å². The standard InChI is InChI=1S/C9H17NOS2/c1-9(2,13)4-7-3-6(5-12)8(11)10-7/h6-7,12-13H,3-5H2,1-2H3,(H,10,11)/t6-,7+/m0/s1. The van der Waals surface area contributed by atoms with Crippen molar-refractivity contribution in [1.82, 2.24) is 5.32 Å². The van der Waals surface area contributed by atoms with Crippen molar-refractivity contribution in [2.24, 2.45) is 5.92 Å². The van der Waals surface area contributed by atoms with Crippen molar-refractivity contribution in [3.63, 3.8) is 0 Å². The molecule has 0 bridgehead atoms. The Hall–Kier alpha value is 0.170. The summed E-state index contributed by atoms with van der Waals surface area (Å²) in [4.78, 5) is 11.3. The fourth-order valence-electron chi connectivity index (χ4n) is 1.72. The first-order valence-electron chi connectivity index (χ1n) is 4.56. The second-order valence-corrected chi connectivity index (χ2v) is 5.91. The van der Waals surface area contributed by atoms with E-state index < -0.39 is 0 Å². The van der Waals surface area contributed by atoms with Crippen LogP contribution in [0.1, 0.15) is 26.7 Å². The maximum absolute atomic E-state index is 11.3. The van der Waals surface area contributed by atoms with Gasteiger partial charge >= 0.3 is 0 Å². The molecule has 0 spiro atoms. The lowest BCUT2D eigenvalue weighted by Gasteiger charge is -2.21. The van der Waals surface area contributed by atoms with E-state index in [9.17, 15) is 4.79 Å². The Balaban J connectivity index is 2.45. The molecule has 4 heteroatoms. The molecule has 13 heavy (non-hydrogen) atoms. The number of amides is 1. The van der Waals surface area contributed by atoms with Gasteiger partial charge in [0, 0.05) is 22.5 Å². The van der Waals surface area contributed by atoms with Crippen LogP contribution in [0.5, 0.6) is 0 Å². The zero-order valence-corrected chi connectivity index (χ0v) is 9.87. The Bertz CT molecular complexity index is 200. The molecule has 0 radical (unpaired) electrons. The predicted molar refractivity (Wildman–Crippen MR) is 61.6 cm³/mol. The topological polar surface area (TPSA) is 29.1 Å². The van der Waals surface area contributed by atoms with Gasteiger partial charge in [0.25, 0.3) is 0 Å². The summed E-state index contributed by atoms with van der Waals surface area (Å²) in [6.45, 7) is 4.13. The molecule has 0 aromatic rings. The minimum Gasteiger partial charge on any atom is -0.353 e. The smallest absolute Gasteiger partial charge is 0.224 e. The first kappa shape index (κ1) is 11.2. The Labute approximate surface area is 90.7 Å². The Morgan fingerprint density at radius 1 is 1.62 bits per heavy atom. The van der Waals surface area contributed by atoms with E-state index in [0.29, 0.717) is 5.75 Å². The average molecular weight is 219 g/mol. The van der Waals surface area contributed by atoms with Crippen molar-refractivity contribution in [1.29, 1.82) is 0 Å². The van der Waals surface area contributed by atoms with Gasteiger partial charge < -0.3 is 5.32 Å². The number of rotatable bonds is 3. The van der Waals surface area contributed by atoms with Gasteiger partial charge in [-0.2, -0.15) is 25.3 Å². The van der Waals surface area contributed by atoms with Gasteiger partial charge in [0.2, 0.25) is 5.91 Å². The van der Waals surface area contributed by atoms with E-state index >= 15 is 0 Å². The summed E-state index contributed by atoms with van der Waals surface area (Å²) in [5.41, 5.74) is 0. The van der Waals surface area contributed by atoms with E-state index in [-0.39, 0.29) is 22.6 Å². The lowest BCUT2D eigenvalue weighted by molar-refractivity contribution is -0.122. The molecule has 1 aliphatic rings. The molecule has 2 nitrogen and oxygen atoms in total. The van der Waals surface area contributed by atoms with Crippen molar-refractivity contribution in [2.75, 3.05) is 5.75 Å². The number of thiol groups is 2. The molecule has 0 unspecified atom stereocenters. The number of carbonyl (C=O) groups is 1. The quantitative estimate of drug-likeness (QED) is 0.617. The third-order valence-electron chi connectivity index (χ3n) is 2.25. The maximum atomic E-state index is 11.3. The van der Waals surface area contributed by atoms with Crippen LogP contribution in [0.15, 0.2) is 0 Å². The van der Waals surface area contributed by atoms with Crippen LogP contribution in [0.25, 0.3) is 0 Å². The van der Waals surface area contributed by atoms with Crippen LogP contribution in [0.2, 0.25) is 0 Å². The Kier molecular flexibility index (Phi) is 3.57. The van der Waals surface area contributed by atoms with Gasteiger partial charge in [-0.1, -0.05) is 13.8 Å². The van der Waals surface area contributed by atoms with E-state index in [0.717, 1.165) is 12.8 Å². The fraction of sp³-hybridized carbons (Fsp3) is 0.889. The third-order valence-corrected chi connectivity index (χ3v) is 2.88. The third kappa shape index (κ3) is 3.43. The van der Waals surface area contributed by atoms with E-state index in [1.807, 2.05) is 0 Å². The first-order valence-corrected chi connectivity index (χ1v) is 5.64. The van der Waals surface area contributed by atoms with E-state index in [1.54, 1.807) is 0 Å². The molecule has 1 rings (SSSR count). The van der Waals surface area contributed by atoms with Gasteiger partial charge in [-0.05, 0) is 12.8 Å². The number of hydrogen-bond acceptors (Lipinski definition) is 3. The zero-order chi connectivity index (χ0) is 10.1. The Morgan fingerprint density at radius 3 is 2.62 bits per heavy atom. The van der Waals surface area contributed by atoms with Crippen molar-refractivity contribution in [3.8, 4) is 0 Å². The zero-order valence-electron chi connectivity index (χ0n) is 8.08. The van der Waals surface area contributed by atoms with Gasteiger partial charge in [-0.3, -0.25) is 4.79 Å². The molecule has 1 fully saturated rings. The van der Waals surface area contributed by atoms with Gasteiger partial charge in [-0.15, -0.1) is 0 Å². The number of hydrogen-bond donors (Lipinski definition) is 3. The van der Waals surface area contributed by atoms with Crippen molar-refractivity contribution in [3.05, 3.63) is 0 Å². The summed E-state index contributed by atoms with van der Waals surface area (Å²) in [5.74, 6) is 0.900. The van der Waals surface area contributed by atoms with Crippen molar-refractivity contribution >= 4 is 31.2 Å². The van der Waals surface area contributed by atoms with E-state index in [1.165, 1.54) is 0 Å². The first-order chi connectivity index (χ1) is 5.92. The molecule has 1 N–H and O–H groups in total. The van der Waals surface area contributed by atoms with E-state index in [4.69, 9.17) is 0 Å². The van der Waals surface area contributed by atoms with Gasteiger partial charge in [0.1, 0.15) is 0 Å². The highest BCUT2D eigenvalue weighted by Crippen LogP contribution is 2.26. The fourth-order valence-corrected chi connectivity index (χ4v) is 2.26. The molecule has 0 aromatic heterocycles. The van der Waals surface area contributed by atoms with Crippen LogP contribution >= 0.6 is 25.3 Å². The van der Waals surface area contributed by atoms with Gasteiger partial charge in [0.05, 0.1) is 0 Å². The summed E-state index contributed by atoms with van der Waals surface area (Å²) < 4.78 is -0.0105. The molecule has 0 aromatic carbocycles. The minimum atomic E-state index is -0.0105. The molecule has 2 atom stereocenters. The lowest BCUT2D eigenvalue weighted by Crippen LogP contribution is -2.31. The molecular formula is C9H17NOS2. The van der Waals surface area contributed by atoms with Crippen LogP contribution < -0.4 is 5.32 Å².